The molecule has 11 heteroatoms. The van der Waals surface area contributed by atoms with Gasteiger partial charge in [0.15, 0.2) is 0 Å². The van der Waals surface area contributed by atoms with Crippen molar-refractivity contribution in [2.75, 3.05) is 47.5 Å². The maximum atomic E-state index is 12.4. The Morgan fingerprint density at radius 1 is 0.800 bits per heavy atom. The van der Waals surface area contributed by atoms with Crippen LogP contribution in [0.1, 0.15) is 85.0 Å². The van der Waals surface area contributed by atoms with Crippen LogP contribution in [-0.2, 0) is 31.9 Å². The lowest BCUT2D eigenvalue weighted by Crippen LogP contribution is -2.32. The molecule has 11 nitrogen and oxygen atoms in total. The highest BCUT2D eigenvalue weighted by Crippen LogP contribution is 2.19. The number of aliphatic hydroxyl groups is 1. The van der Waals surface area contributed by atoms with Gasteiger partial charge in [0.1, 0.15) is 12.1 Å². The van der Waals surface area contributed by atoms with Crippen molar-refractivity contribution in [2.24, 2.45) is 17.6 Å². The van der Waals surface area contributed by atoms with Crippen LogP contribution in [0, 0.1) is 11.8 Å². The van der Waals surface area contributed by atoms with Gasteiger partial charge in [-0.2, -0.15) is 0 Å². The van der Waals surface area contributed by atoms with Crippen molar-refractivity contribution in [1.29, 1.82) is 0 Å². The maximum Gasteiger partial charge on any atom is 0.329 e. The molecule has 0 radical (unpaired) electrons. The summed E-state index contributed by atoms with van der Waals surface area (Å²) >= 11 is 0. The number of hydrogen-bond acceptors (Lipinski definition) is 9. The molecule has 0 aromatic carbocycles. The van der Waals surface area contributed by atoms with Gasteiger partial charge in [-0.1, -0.05) is 35.1 Å². The monoisotopic (exact) mass is 636 g/mol. The van der Waals surface area contributed by atoms with Gasteiger partial charge in [0, 0.05) is 38.2 Å². The molecule has 2 rings (SSSR count). The lowest BCUT2D eigenvalue weighted by Gasteiger charge is -2.20. The number of pyridine rings is 2. The lowest BCUT2D eigenvalue weighted by molar-refractivity contribution is -0.148. The molecule has 2 atom stereocenters. The van der Waals surface area contributed by atoms with E-state index in [2.05, 4.69) is 4.90 Å². The van der Waals surface area contributed by atoms with Crippen LogP contribution < -0.4 is 16.9 Å². The van der Waals surface area contributed by atoms with E-state index >= 15 is 0 Å². The van der Waals surface area contributed by atoms with Crippen molar-refractivity contribution in [3.63, 3.8) is 0 Å². The fraction of sp³-hybridized carbons (Fsp3) is 0.647. The molecular weight excluding hydrogens is 576 g/mol. The first kappa shape index (κ1) is 43.8. The average Bonchev–Trinajstić information content (AvgIpc) is 2.96. The second-order valence-corrected chi connectivity index (χ2v) is 11.4. The Balaban J connectivity index is 0. The Labute approximate surface area is 270 Å². The van der Waals surface area contributed by atoms with Crippen LogP contribution >= 0.6 is 0 Å². The molecule has 0 amide bonds. The van der Waals surface area contributed by atoms with Crippen LogP contribution in [0.3, 0.4) is 0 Å². The average molecular weight is 637 g/mol. The van der Waals surface area contributed by atoms with Crippen LogP contribution in [0.25, 0.3) is 0 Å². The largest absolute Gasteiger partial charge is 0.464 e. The molecule has 0 bridgehead atoms. The highest BCUT2D eigenvalue weighted by atomic mass is 16.5. The summed E-state index contributed by atoms with van der Waals surface area (Å²) in [7, 11) is 5.00. The first-order valence-electron chi connectivity index (χ1n) is 15.4. The predicted octanol–water partition coefficient (Wildman–Crippen LogP) is 3.85. The van der Waals surface area contributed by atoms with Crippen LogP contribution in [0.2, 0.25) is 0 Å². The quantitative estimate of drug-likeness (QED) is 0.278. The summed E-state index contributed by atoms with van der Waals surface area (Å²) < 4.78 is 13.1. The van der Waals surface area contributed by atoms with Crippen LogP contribution in [0.4, 0.5) is 0 Å². The molecule has 2 heterocycles. The predicted molar refractivity (Wildman–Crippen MR) is 182 cm³/mol. The van der Waals surface area contributed by atoms with Gasteiger partial charge in [0.25, 0.3) is 11.1 Å². The lowest BCUT2D eigenvalue weighted by atomic mass is 10.0. The molecule has 0 saturated heterocycles. The molecule has 45 heavy (non-hydrogen) atoms. The third-order valence-corrected chi connectivity index (χ3v) is 6.48. The summed E-state index contributed by atoms with van der Waals surface area (Å²) in [5.74, 6) is -0.0936. The molecule has 0 aliphatic rings. The zero-order chi connectivity index (χ0) is 33.8. The summed E-state index contributed by atoms with van der Waals surface area (Å²) in [5, 5.41) is 7.00. The Morgan fingerprint density at radius 2 is 1.18 bits per heavy atom. The van der Waals surface area contributed by atoms with Crippen molar-refractivity contribution in [1.82, 2.24) is 14.0 Å². The molecule has 2 aromatic rings. The van der Waals surface area contributed by atoms with E-state index in [9.17, 15) is 19.2 Å². The van der Waals surface area contributed by atoms with Crippen molar-refractivity contribution in [3.8, 4) is 0 Å². The fourth-order valence-electron chi connectivity index (χ4n) is 4.42. The number of nitrogens with zero attached hydrogens (tertiary/aromatic N) is 3. The topological polar surface area (TPSA) is 146 Å². The minimum Gasteiger partial charge on any atom is -0.464 e. The fourth-order valence-corrected chi connectivity index (χ4v) is 4.42. The molecule has 2 unspecified atom stereocenters. The molecule has 258 valence electrons. The Morgan fingerprint density at radius 3 is 1.47 bits per heavy atom. The van der Waals surface area contributed by atoms with Gasteiger partial charge >= 0.3 is 11.9 Å². The van der Waals surface area contributed by atoms with Gasteiger partial charge in [0.2, 0.25) is 0 Å². The van der Waals surface area contributed by atoms with E-state index < -0.39 is 12.1 Å². The standard InChI is InChI=1S/C17H28N2O3.C15H24N2O3.CH4O.CH4/c1-6-22-17(21)15(11-13(2)3)19-10-8-14(12-16(19)20)7-9-18(4)5;1-4-20-15(19)13(9-11(2)3)17-8-6-12(5-7-16)10-14(17)18;1-2;/h8,10,12-13,15H,6-7,9,11H2,1-5H3;6,8,10-11,13H,4-5,7,9,16H2,1-3H3;2H,1H3;1H4. The molecule has 3 N–H and O–H groups in total. The second-order valence-electron chi connectivity index (χ2n) is 11.4. The molecule has 0 spiro atoms. The maximum absolute atomic E-state index is 12.4. The Hall–Kier alpha value is -3.28. The van der Waals surface area contributed by atoms with Crippen molar-refractivity contribution < 1.29 is 24.2 Å². The number of nitrogens with two attached hydrogens (primary N) is 1. The van der Waals surface area contributed by atoms with Crippen LogP contribution in [0.5, 0.6) is 0 Å². The van der Waals surface area contributed by atoms with E-state index in [1.54, 1.807) is 38.4 Å². The molecule has 2 aromatic heterocycles. The van der Waals surface area contributed by atoms with Crippen molar-refractivity contribution in [3.05, 3.63) is 68.5 Å². The number of ether oxygens (including phenoxy) is 2. The van der Waals surface area contributed by atoms with E-state index in [4.69, 9.17) is 20.3 Å². The highest BCUT2D eigenvalue weighted by Gasteiger charge is 2.25. The summed E-state index contributed by atoms with van der Waals surface area (Å²) in [6, 6.07) is 5.80. The number of rotatable bonds is 15. The summed E-state index contributed by atoms with van der Waals surface area (Å²) in [6.07, 6.45) is 6.03. The van der Waals surface area contributed by atoms with E-state index in [1.165, 1.54) is 9.13 Å². The van der Waals surface area contributed by atoms with Gasteiger partial charge < -0.3 is 34.3 Å². The van der Waals surface area contributed by atoms with Gasteiger partial charge in [-0.15, -0.1) is 0 Å². The van der Waals surface area contributed by atoms with Gasteiger partial charge in [-0.3, -0.25) is 9.59 Å². The minimum absolute atomic E-state index is 0. The van der Waals surface area contributed by atoms with Crippen molar-refractivity contribution >= 4 is 11.9 Å². The third kappa shape index (κ3) is 16.6. The first-order chi connectivity index (χ1) is 20.8. The summed E-state index contributed by atoms with van der Waals surface area (Å²) in [6.45, 7) is 13.6. The molecule has 0 aliphatic carbocycles. The number of likely N-dealkylation sites (N-methyl/N-ethyl adjacent to an activating group) is 1. The molecular formula is C34H60N4O7. The number of aromatic nitrogens is 2. The number of carbonyl (C=O) groups excluding carboxylic acids is 2. The van der Waals surface area contributed by atoms with Crippen molar-refractivity contribution in [2.45, 2.75) is 86.7 Å². The van der Waals surface area contributed by atoms with E-state index in [0.717, 1.165) is 31.2 Å². The normalized spacial score (nSPS) is 11.9. The highest BCUT2D eigenvalue weighted by molar-refractivity contribution is 5.74. The third-order valence-electron chi connectivity index (χ3n) is 6.48. The minimum atomic E-state index is -0.561. The van der Waals surface area contributed by atoms with Gasteiger partial charge in [0.05, 0.1) is 13.2 Å². The SMILES string of the molecule is C.CCOC(=O)C(CC(C)C)n1ccc(CCN(C)C)cc1=O.CCOC(=O)C(CC(C)C)n1ccc(CCN)cc1=O.CO. The molecule has 0 aliphatic heterocycles. The molecule has 0 saturated carbocycles. The zero-order valence-electron chi connectivity index (χ0n) is 28.2. The van der Waals surface area contributed by atoms with E-state index in [1.807, 2.05) is 53.9 Å². The second kappa shape index (κ2) is 24.0. The first-order valence-corrected chi connectivity index (χ1v) is 15.4. The number of esters is 2. The number of aliphatic hydroxyl groups excluding tert-OH is 1. The Bertz CT molecular complexity index is 1220. The number of carbonyl (C=O) groups is 2. The summed E-state index contributed by atoms with van der Waals surface area (Å²) in [4.78, 5) is 50.8. The zero-order valence-corrected chi connectivity index (χ0v) is 28.2. The Kier molecular flexibility index (Phi) is 23.4. The van der Waals surface area contributed by atoms with Gasteiger partial charge in [-0.25, -0.2) is 9.59 Å². The smallest absolute Gasteiger partial charge is 0.329 e. The van der Waals surface area contributed by atoms with Gasteiger partial charge in [-0.05, 0) is 95.3 Å². The molecule has 0 fully saturated rings. The van der Waals surface area contributed by atoms with Crippen LogP contribution in [-0.4, -0.2) is 78.6 Å². The van der Waals surface area contributed by atoms with Crippen LogP contribution in [0.15, 0.2) is 46.2 Å². The van der Waals surface area contributed by atoms with E-state index in [0.29, 0.717) is 50.9 Å². The van der Waals surface area contributed by atoms with E-state index in [-0.39, 0.29) is 30.5 Å². The summed E-state index contributed by atoms with van der Waals surface area (Å²) in [5.41, 5.74) is 7.03. The number of hydrogen-bond donors (Lipinski definition) is 2.